The molecule has 3 atom stereocenters. The standard InChI is InChI=1S/C12H20N4O9/c13-5(1-9(20)21)10(22)14-2-8(19)15-6(3-17)11(23)16-7(4-18)12(24)25/h5-7,17-18H,1-4,13H2,(H,14,22)(H,15,19)(H,16,23)(H,20,21)(H,24,25). The van der Waals surface area contributed by atoms with E-state index in [1.165, 1.54) is 0 Å². The molecule has 3 unspecified atom stereocenters. The minimum atomic E-state index is -1.62. The normalized spacial score (nSPS) is 13.9. The molecule has 0 aliphatic heterocycles. The molecule has 0 aliphatic carbocycles. The number of amides is 3. The lowest BCUT2D eigenvalue weighted by Crippen LogP contribution is -2.55. The van der Waals surface area contributed by atoms with Gasteiger partial charge >= 0.3 is 11.9 Å². The second kappa shape index (κ2) is 10.9. The van der Waals surface area contributed by atoms with Gasteiger partial charge in [-0.15, -0.1) is 0 Å². The van der Waals surface area contributed by atoms with Crippen molar-refractivity contribution in [1.29, 1.82) is 0 Å². The predicted molar refractivity (Wildman–Crippen MR) is 78.9 cm³/mol. The highest BCUT2D eigenvalue weighted by molar-refractivity contribution is 5.93. The highest BCUT2D eigenvalue weighted by Gasteiger charge is 2.26. The number of carboxylic acid groups (broad SMARTS) is 2. The van der Waals surface area contributed by atoms with Gasteiger partial charge in [0.05, 0.1) is 32.2 Å². The first-order chi connectivity index (χ1) is 11.6. The molecule has 0 spiro atoms. The van der Waals surface area contributed by atoms with Crippen LogP contribution >= 0.6 is 0 Å². The Morgan fingerprint density at radius 1 is 0.880 bits per heavy atom. The third kappa shape index (κ3) is 8.59. The Morgan fingerprint density at radius 3 is 1.88 bits per heavy atom. The van der Waals surface area contributed by atoms with Crippen molar-refractivity contribution < 1.29 is 44.4 Å². The van der Waals surface area contributed by atoms with E-state index in [0.717, 1.165) is 0 Å². The van der Waals surface area contributed by atoms with Crippen molar-refractivity contribution in [1.82, 2.24) is 16.0 Å². The van der Waals surface area contributed by atoms with Crippen LogP contribution in [0.25, 0.3) is 0 Å². The summed E-state index contributed by atoms with van der Waals surface area (Å²) in [6.45, 7) is -2.43. The predicted octanol–water partition coefficient (Wildman–Crippen LogP) is -5.06. The number of carboxylic acids is 2. The van der Waals surface area contributed by atoms with Gasteiger partial charge in [0.15, 0.2) is 0 Å². The van der Waals surface area contributed by atoms with Gasteiger partial charge in [0.2, 0.25) is 17.7 Å². The Labute approximate surface area is 141 Å². The fourth-order valence-electron chi connectivity index (χ4n) is 1.48. The summed E-state index contributed by atoms with van der Waals surface area (Å²) in [6, 6.07) is -4.51. The number of aliphatic hydroxyl groups excluding tert-OH is 2. The van der Waals surface area contributed by atoms with Gasteiger partial charge < -0.3 is 42.1 Å². The zero-order valence-electron chi connectivity index (χ0n) is 13.0. The van der Waals surface area contributed by atoms with Crippen molar-refractivity contribution in [2.24, 2.45) is 5.73 Å². The van der Waals surface area contributed by atoms with Crippen LogP contribution in [0.4, 0.5) is 0 Å². The van der Waals surface area contributed by atoms with Crippen LogP contribution in [0.1, 0.15) is 6.42 Å². The lowest BCUT2D eigenvalue weighted by atomic mass is 10.2. The van der Waals surface area contributed by atoms with Crippen LogP contribution in [-0.4, -0.2) is 88.0 Å². The number of nitrogens with two attached hydrogens (primary N) is 1. The van der Waals surface area contributed by atoms with Gasteiger partial charge in [-0.1, -0.05) is 0 Å². The molecule has 0 saturated heterocycles. The molecule has 0 fully saturated rings. The van der Waals surface area contributed by atoms with Crippen LogP contribution in [0.3, 0.4) is 0 Å². The summed E-state index contributed by atoms with van der Waals surface area (Å²) < 4.78 is 0. The molecule has 13 nitrogen and oxygen atoms in total. The fourth-order valence-corrected chi connectivity index (χ4v) is 1.48. The van der Waals surface area contributed by atoms with Gasteiger partial charge in [-0.3, -0.25) is 19.2 Å². The van der Waals surface area contributed by atoms with Crippen molar-refractivity contribution in [3.8, 4) is 0 Å². The van der Waals surface area contributed by atoms with E-state index in [2.05, 4.69) is 0 Å². The molecule has 0 aliphatic rings. The van der Waals surface area contributed by atoms with Crippen LogP contribution < -0.4 is 21.7 Å². The molecule has 0 radical (unpaired) electrons. The minimum absolute atomic E-state index is 0.646. The molecule has 0 aromatic carbocycles. The maximum Gasteiger partial charge on any atom is 0.328 e. The molecule has 0 saturated carbocycles. The van der Waals surface area contributed by atoms with Crippen LogP contribution in [0, 0.1) is 0 Å². The molecule has 13 heteroatoms. The largest absolute Gasteiger partial charge is 0.481 e. The van der Waals surface area contributed by atoms with Gasteiger partial charge in [0.25, 0.3) is 0 Å². The Kier molecular flexibility index (Phi) is 9.69. The summed E-state index contributed by atoms with van der Waals surface area (Å²) in [7, 11) is 0. The molecule has 25 heavy (non-hydrogen) atoms. The van der Waals surface area contributed by atoms with E-state index in [1.54, 1.807) is 0 Å². The van der Waals surface area contributed by atoms with E-state index in [0.29, 0.717) is 0 Å². The van der Waals surface area contributed by atoms with E-state index < -0.39 is 74.0 Å². The number of rotatable bonds is 11. The quantitative estimate of drug-likeness (QED) is 0.174. The van der Waals surface area contributed by atoms with E-state index >= 15 is 0 Å². The average Bonchev–Trinajstić information content (AvgIpc) is 2.53. The molecule has 0 aromatic rings. The minimum Gasteiger partial charge on any atom is -0.481 e. The van der Waals surface area contributed by atoms with Gasteiger partial charge in [-0.25, -0.2) is 4.79 Å². The lowest BCUT2D eigenvalue weighted by molar-refractivity contribution is -0.143. The monoisotopic (exact) mass is 364 g/mol. The molecule has 0 rings (SSSR count). The van der Waals surface area contributed by atoms with Crippen LogP contribution in [-0.2, 0) is 24.0 Å². The fraction of sp³-hybridized carbons (Fsp3) is 0.583. The van der Waals surface area contributed by atoms with Gasteiger partial charge in [-0.2, -0.15) is 0 Å². The van der Waals surface area contributed by atoms with Crippen molar-refractivity contribution in [3.63, 3.8) is 0 Å². The van der Waals surface area contributed by atoms with Crippen molar-refractivity contribution in [2.45, 2.75) is 24.5 Å². The number of hydrogen-bond donors (Lipinski definition) is 8. The number of nitrogens with one attached hydrogen (secondary N) is 3. The summed E-state index contributed by atoms with van der Waals surface area (Å²) in [5.41, 5.74) is 5.27. The molecule has 142 valence electrons. The zero-order valence-corrected chi connectivity index (χ0v) is 13.0. The van der Waals surface area contributed by atoms with E-state index in [9.17, 15) is 24.0 Å². The zero-order chi connectivity index (χ0) is 19.6. The molecule has 0 aromatic heterocycles. The first-order valence-electron chi connectivity index (χ1n) is 6.91. The molecule has 9 N–H and O–H groups in total. The number of aliphatic hydroxyl groups is 2. The summed E-state index contributed by atoms with van der Waals surface area (Å²) in [6.07, 6.45) is -0.646. The summed E-state index contributed by atoms with van der Waals surface area (Å²) in [5.74, 6) is -5.71. The Bertz CT molecular complexity index is 525. The Hall–Kier alpha value is -2.77. The maximum atomic E-state index is 11.7. The number of carbonyl (C=O) groups is 5. The highest BCUT2D eigenvalue weighted by atomic mass is 16.4. The molecule has 0 bridgehead atoms. The van der Waals surface area contributed by atoms with Crippen molar-refractivity contribution in [2.75, 3.05) is 19.8 Å². The summed E-state index contributed by atoms with van der Waals surface area (Å²) in [5, 5.41) is 41.0. The highest BCUT2D eigenvalue weighted by Crippen LogP contribution is 1.90. The maximum absolute atomic E-state index is 11.7. The van der Waals surface area contributed by atoms with E-state index in [-0.39, 0.29) is 0 Å². The smallest absolute Gasteiger partial charge is 0.328 e. The summed E-state index contributed by atoms with van der Waals surface area (Å²) >= 11 is 0. The SMILES string of the molecule is NC(CC(=O)O)C(=O)NCC(=O)NC(CO)C(=O)NC(CO)C(=O)O. The molecular weight excluding hydrogens is 344 g/mol. The first-order valence-corrected chi connectivity index (χ1v) is 6.91. The summed E-state index contributed by atoms with van der Waals surface area (Å²) in [4.78, 5) is 55.9. The van der Waals surface area contributed by atoms with E-state index in [1.807, 2.05) is 16.0 Å². The van der Waals surface area contributed by atoms with E-state index in [4.69, 9.17) is 26.2 Å². The third-order valence-electron chi connectivity index (χ3n) is 2.79. The lowest BCUT2D eigenvalue weighted by Gasteiger charge is -2.19. The molecule has 0 heterocycles. The van der Waals surface area contributed by atoms with Gasteiger partial charge in [0.1, 0.15) is 12.1 Å². The number of hydrogen-bond acceptors (Lipinski definition) is 8. The topological polar surface area (TPSA) is 228 Å². The van der Waals surface area contributed by atoms with Crippen LogP contribution in [0.5, 0.6) is 0 Å². The van der Waals surface area contributed by atoms with Crippen molar-refractivity contribution >= 4 is 29.7 Å². The van der Waals surface area contributed by atoms with Crippen LogP contribution in [0.15, 0.2) is 0 Å². The van der Waals surface area contributed by atoms with Gasteiger partial charge in [0, 0.05) is 0 Å². The Morgan fingerprint density at radius 2 is 1.44 bits per heavy atom. The van der Waals surface area contributed by atoms with Gasteiger partial charge in [-0.05, 0) is 0 Å². The number of aliphatic carboxylic acids is 2. The van der Waals surface area contributed by atoms with Crippen molar-refractivity contribution in [3.05, 3.63) is 0 Å². The Balaban J connectivity index is 4.49. The number of carbonyl (C=O) groups excluding carboxylic acids is 3. The third-order valence-corrected chi connectivity index (χ3v) is 2.79. The second-order valence-corrected chi connectivity index (χ2v) is 4.81. The van der Waals surface area contributed by atoms with Crippen LogP contribution in [0.2, 0.25) is 0 Å². The molecule has 3 amide bonds. The molecular formula is C12H20N4O9. The average molecular weight is 364 g/mol. The first kappa shape index (κ1) is 22.2. The second-order valence-electron chi connectivity index (χ2n) is 4.81.